The molecular weight excluding hydrogens is 290 g/mol. The van der Waals surface area contributed by atoms with Crippen molar-refractivity contribution in [2.75, 3.05) is 26.7 Å². The standard InChI is InChI=1S/C17H29N5O/c1-18-16(19-13-17(23)7-4-3-5-8-17)22-9-6-14(12-22)15-10-20-21(2)11-15/h10-11,14,23H,3-9,12-13H2,1-2H3,(H,18,19). The summed E-state index contributed by atoms with van der Waals surface area (Å²) in [4.78, 5) is 6.71. The van der Waals surface area contributed by atoms with Crippen LogP contribution in [0.2, 0.25) is 0 Å². The zero-order valence-electron chi connectivity index (χ0n) is 14.3. The number of aryl methyl sites for hydroxylation is 1. The molecule has 1 aliphatic carbocycles. The molecule has 1 aromatic rings. The third-order valence-electron chi connectivity index (χ3n) is 5.26. The number of rotatable bonds is 3. The first-order valence-corrected chi connectivity index (χ1v) is 8.76. The number of aliphatic imine (C=N–C) groups is 1. The molecule has 2 aliphatic rings. The van der Waals surface area contributed by atoms with Gasteiger partial charge in [-0.25, -0.2) is 0 Å². The molecule has 0 radical (unpaired) electrons. The summed E-state index contributed by atoms with van der Waals surface area (Å²) in [7, 11) is 3.78. The summed E-state index contributed by atoms with van der Waals surface area (Å²) in [5.74, 6) is 1.43. The molecule has 1 aliphatic heterocycles. The number of hydrogen-bond acceptors (Lipinski definition) is 3. The molecule has 1 saturated carbocycles. The maximum absolute atomic E-state index is 10.6. The lowest BCUT2D eigenvalue weighted by molar-refractivity contribution is 0.00820. The maximum Gasteiger partial charge on any atom is 0.193 e. The Kier molecular flexibility index (Phi) is 4.90. The van der Waals surface area contributed by atoms with E-state index in [9.17, 15) is 5.11 Å². The van der Waals surface area contributed by atoms with E-state index in [0.29, 0.717) is 12.5 Å². The molecule has 0 aromatic carbocycles. The highest BCUT2D eigenvalue weighted by molar-refractivity contribution is 5.80. The van der Waals surface area contributed by atoms with Crippen molar-refractivity contribution in [3.8, 4) is 0 Å². The van der Waals surface area contributed by atoms with Crippen LogP contribution in [-0.2, 0) is 7.05 Å². The Morgan fingerprint density at radius 2 is 2.22 bits per heavy atom. The predicted octanol–water partition coefficient (Wildman–Crippen LogP) is 1.48. The molecule has 1 unspecified atom stereocenters. The van der Waals surface area contributed by atoms with Gasteiger partial charge in [0.1, 0.15) is 0 Å². The van der Waals surface area contributed by atoms with Crippen LogP contribution in [0.15, 0.2) is 17.4 Å². The van der Waals surface area contributed by atoms with Gasteiger partial charge < -0.3 is 15.3 Å². The molecule has 2 heterocycles. The molecule has 1 atom stereocenters. The normalized spacial score (nSPS) is 24.9. The van der Waals surface area contributed by atoms with Crippen molar-refractivity contribution in [1.82, 2.24) is 20.0 Å². The van der Waals surface area contributed by atoms with Crippen molar-refractivity contribution in [2.45, 2.75) is 50.0 Å². The van der Waals surface area contributed by atoms with Crippen molar-refractivity contribution in [3.63, 3.8) is 0 Å². The molecule has 0 amide bonds. The lowest BCUT2D eigenvalue weighted by Crippen LogP contribution is -2.48. The van der Waals surface area contributed by atoms with Gasteiger partial charge in [0.15, 0.2) is 5.96 Å². The second kappa shape index (κ2) is 6.91. The van der Waals surface area contributed by atoms with Gasteiger partial charge in [-0.05, 0) is 24.8 Å². The topological polar surface area (TPSA) is 65.7 Å². The molecule has 6 nitrogen and oxygen atoms in total. The Hall–Kier alpha value is -1.56. The minimum absolute atomic E-state index is 0.514. The molecular formula is C17H29N5O. The van der Waals surface area contributed by atoms with Crippen molar-refractivity contribution in [3.05, 3.63) is 18.0 Å². The average molecular weight is 319 g/mol. The number of nitrogens with zero attached hydrogens (tertiary/aromatic N) is 4. The van der Waals surface area contributed by atoms with Gasteiger partial charge in [-0.3, -0.25) is 9.67 Å². The summed E-state index contributed by atoms with van der Waals surface area (Å²) >= 11 is 0. The molecule has 2 N–H and O–H groups in total. The summed E-state index contributed by atoms with van der Waals surface area (Å²) in [6.07, 6.45) is 10.5. The molecule has 0 bridgehead atoms. The summed E-state index contributed by atoms with van der Waals surface area (Å²) in [5.41, 5.74) is 0.743. The monoisotopic (exact) mass is 319 g/mol. The van der Waals surface area contributed by atoms with E-state index in [4.69, 9.17) is 0 Å². The van der Waals surface area contributed by atoms with Crippen LogP contribution in [-0.4, -0.2) is 58.0 Å². The van der Waals surface area contributed by atoms with Gasteiger partial charge in [0.2, 0.25) is 0 Å². The van der Waals surface area contributed by atoms with Crippen LogP contribution < -0.4 is 5.32 Å². The first kappa shape index (κ1) is 16.3. The Bertz CT molecular complexity index is 547. The molecule has 128 valence electrons. The average Bonchev–Trinajstić information content (AvgIpc) is 3.18. The van der Waals surface area contributed by atoms with Crippen LogP contribution in [0.3, 0.4) is 0 Å². The number of hydrogen-bond donors (Lipinski definition) is 2. The van der Waals surface area contributed by atoms with E-state index in [1.54, 1.807) is 0 Å². The van der Waals surface area contributed by atoms with E-state index in [2.05, 4.69) is 26.5 Å². The third-order valence-corrected chi connectivity index (χ3v) is 5.26. The van der Waals surface area contributed by atoms with Crippen LogP contribution in [0.4, 0.5) is 0 Å². The largest absolute Gasteiger partial charge is 0.388 e. The van der Waals surface area contributed by atoms with Gasteiger partial charge >= 0.3 is 0 Å². The van der Waals surface area contributed by atoms with Gasteiger partial charge in [-0.2, -0.15) is 5.10 Å². The van der Waals surface area contributed by atoms with E-state index in [0.717, 1.165) is 51.2 Å². The van der Waals surface area contributed by atoms with E-state index < -0.39 is 5.60 Å². The first-order chi connectivity index (χ1) is 11.1. The number of likely N-dealkylation sites (tertiary alicyclic amines) is 1. The maximum atomic E-state index is 10.6. The molecule has 3 rings (SSSR count). The highest BCUT2D eigenvalue weighted by Gasteiger charge is 2.31. The minimum Gasteiger partial charge on any atom is -0.388 e. The van der Waals surface area contributed by atoms with Crippen molar-refractivity contribution < 1.29 is 5.11 Å². The summed E-state index contributed by atoms with van der Waals surface area (Å²) < 4.78 is 1.86. The zero-order valence-corrected chi connectivity index (χ0v) is 14.3. The molecule has 1 saturated heterocycles. The Morgan fingerprint density at radius 1 is 1.43 bits per heavy atom. The van der Waals surface area contributed by atoms with Gasteiger partial charge in [0.25, 0.3) is 0 Å². The van der Waals surface area contributed by atoms with E-state index >= 15 is 0 Å². The fourth-order valence-electron chi connectivity index (χ4n) is 3.84. The minimum atomic E-state index is -0.559. The van der Waals surface area contributed by atoms with Crippen LogP contribution in [0.1, 0.15) is 50.0 Å². The number of aliphatic hydroxyl groups is 1. The quantitative estimate of drug-likeness (QED) is 0.654. The lowest BCUT2D eigenvalue weighted by atomic mass is 9.85. The fraction of sp³-hybridized carbons (Fsp3) is 0.765. The van der Waals surface area contributed by atoms with Gasteiger partial charge in [-0.15, -0.1) is 0 Å². The SMILES string of the molecule is CN=C(NCC1(O)CCCCC1)N1CCC(c2cnn(C)c2)C1. The van der Waals surface area contributed by atoms with Gasteiger partial charge in [-0.1, -0.05) is 19.3 Å². The van der Waals surface area contributed by atoms with Crippen molar-refractivity contribution >= 4 is 5.96 Å². The lowest BCUT2D eigenvalue weighted by Gasteiger charge is -2.33. The van der Waals surface area contributed by atoms with Gasteiger partial charge in [0.05, 0.1) is 11.8 Å². The molecule has 1 aromatic heterocycles. The summed E-state index contributed by atoms with van der Waals surface area (Å²) in [5, 5.41) is 18.3. The van der Waals surface area contributed by atoms with Crippen LogP contribution >= 0.6 is 0 Å². The van der Waals surface area contributed by atoms with Crippen LogP contribution in [0.25, 0.3) is 0 Å². The zero-order chi connectivity index (χ0) is 16.3. The van der Waals surface area contributed by atoms with E-state index in [1.165, 1.54) is 12.0 Å². The van der Waals surface area contributed by atoms with Crippen molar-refractivity contribution in [2.24, 2.45) is 12.0 Å². The molecule has 23 heavy (non-hydrogen) atoms. The Labute approximate surface area is 138 Å². The first-order valence-electron chi connectivity index (χ1n) is 8.76. The Morgan fingerprint density at radius 3 is 2.87 bits per heavy atom. The molecule has 0 spiro atoms. The number of guanidine groups is 1. The second-order valence-electron chi connectivity index (χ2n) is 7.06. The Balaban J connectivity index is 1.55. The second-order valence-corrected chi connectivity index (χ2v) is 7.06. The summed E-state index contributed by atoms with van der Waals surface area (Å²) in [6.45, 7) is 2.56. The van der Waals surface area contributed by atoms with Crippen molar-refractivity contribution in [1.29, 1.82) is 0 Å². The van der Waals surface area contributed by atoms with Crippen LogP contribution in [0.5, 0.6) is 0 Å². The van der Waals surface area contributed by atoms with E-state index in [1.807, 2.05) is 25.0 Å². The van der Waals surface area contributed by atoms with Gasteiger partial charge in [0, 0.05) is 45.8 Å². The number of aromatic nitrogens is 2. The highest BCUT2D eigenvalue weighted by Crippen LogP contribution is 2.28. The summed E-state index contributed by atoms with van der Waals surface area (Å²) in [6, 6.07) is 0. The fourth-order valence-corrected chi connectivity index (χ4v) is 3.84. The number of nitrogens with one attached hydrogen (secondary N) is 1. The highest BCUT2D eigenvalue weighted by atomic mass is 16.3. The predicted molar refractivity (Wildman–Crippen MR) is 91.5 cm³/mol. The smallest absolute Gasteiger partial charge is 0.193 e. The molecule has 6 heteroatoms. The molecule has 2 fully saturated rings. The third kappa shape index (κ3) is 3.86. The van der Waals surface area contributed by atoms with E-state index in [-0.39, 0.29) is 0 Å². The van der Waals surface area contributed by atoms with Crippen LogP contribution in [0, 0.1) is 0 Å².